The minimum absolute atomic E-state index is 0.288. The third-order valence-electron chi connectivity index (χ3n) is 2.58. The molecule has 18 heavy (non-hydrogen) atoms. The first-order chi connectivity index (χ1) is 8.47. The lowest BCUT2D eigenvalue weighted by Crippen LogP contribution is -2.44. The van der Waals surface area contributed by atoms with Gasteiger partial charge in [-0.05, 0) is 5.56 Å². The molecule has 0 fully saturated rings. The van der Waals surface area contributed by atoms with Crippen LogP contribution < -0.4 is 5.43 Å². The highest BCUT2D eigenvalue weighted by molar-refractivity contribution is 5.84. The SMILES string of the molecule is CC(C)(CO)C(O)C(=O)NN=Cc1ccccc1. The number of hydrogen-bond acceptors (Lipinski definition) is 4. The Morgan fingerprint density at radius 3 is 2.61 bits per heavy atom. The van der Waals surface area contributed by atoms with E-state index in [1.807, 2.05) is 30.3 Å². The molecule has 1 unspecified atom stereocenters. The van der Waals surface area contributed by atoms with Crippen LogP contribution in [0.3, 0.4) is 0 Å². The van der Waals surface area contributed by atoms with Gasteiger partial charge in [-0.15, -0.1) is 0 Å². The lowest BCUT2D eigenvalue weighted by atomic mass is 9.87. The number of carbonyl (C=O) groups is 1. The largest absolute Gasteiger partial charge is 0.396 e. The summed E-state index contributed by atoms with van der Waals surface area (Å²) >= 11 is 0. The van der Waals surface area contributed by atoms with Crippen LogP contribution >= 0.6 is 0 Å². The van der Waals surface area contributed by atoms with Crippen LogP contribution in [-0.4, -0.2) is 35.0 Å². The Morgan fingerprint density at radius 1 is 1.44 bits per heavy atom. The van der Waals surface area contributed by atoms with Gasteiger partial charge in [0.05, 0.1) is 12.8 Å². The van der Waals surface area contributed by atoms with Gasteiger partial charge in [-0.2, -0.15) is 5.10 Å². The zero-order valence-electron chi connectivity index (χ0n) is 10.5. The maximum atomic E-state index is 11.6. The van der Waals surface area contributed by atoms with E-state index >= 15 is 0 Å². The Bertz CT molecular complexity index is 416. The lowest BCUT2D eigenvalue weighted by molar-refractivity contribution is -0.137. The van der Waals surface area contributed by atoms with Crippen LogP contribution in [0.25, 0.3) is 0 Å². The molecule has 0 saturated carbocycles. The van der Waals surface area contributed by atoms with E-state index in [2.05, 4.69) is 10.5 Å². The fraction of sp³-hybridized carbons (Fsp3) is 0.385. The van der Waals surface area contributed by atoms with Crippen LogP contribution in [0.1, 0.15) is 19.4 Å². The number of amides is 1. The maximum Gasteiger partial charge on any atom is 0.269 e. The van der Waals surface area contributed by atoms with E-state index in [0.717, 1.165) is 5.56 Å². The van der Waals surface area contributed by atoms with E-state index in [1.165, 1.54) is 6.21 Å². The first kappa shape index (κ1) is 14.3. The summed E-state index contributed by atoms with van der Waals surface area (Å²) in [6, 6.07) is 9.26. The average molecular weight is 250 g/mol. The van der Waals surface area contributed by atoms with Crippen molar-refractivity contribution in [3.05, 3.63) is 35.9 Å². The van der Waals surface area contributed by atoms with Crippen LogP contribution in [-0.2, 0) is 4.79 Å². The van der Waals surface area contributed by atoms with Gasteiger partial charge >= 0.3 is 0 Å². The number of rotatable bonds is 5. The van der Waals surface area contributed by atoms with E-state index in [9.17, 15) is 9.90 Å². The van der Waals surface area contributed by atoms with Crippen molar-refractivity contribution in [3.8, 4) is 0 Å². The third kappa shape index (κ3) is 3.94. The Labute approximate surface area is 106 Å². The Balaban J connectivity index is 2.54. The van der Waals surface area contributed by atoms with Gasteiger partial charge in [-0.1, -0.05) is 44.2 Å². The average Bonchev–Trinajstić information content (AvgIpc) is 2.39. The van der Waals surface area contributed by atoms with E-state index in [0.29, 0.717) is 0 Å². The molecule has 1 rings (SSSR count). The molecule has 0 aliphatic carbocycles. The predicted molar refractivity (Wildman–Crippen MR) is 69.1 cm³/mol. The molecule has 98 valence electrons. The lowest BCUT2D eigenvalue weighted by Gasteiger charge is -2.26. The normalized spacial score (nSPS) is 13.6. The molecule has 0 aliphatic rings. The van der Waals surface area contributed by atoms with E-state index in [1.54, 1.807) is 13.8 Å². The van der Waals surface area contributed by atoms with E-state index < -0.39 is 17.4 Å². The summed E-state index contributed by atoms with van der Waals surface area (Å²) in [6.07, 6.45) is 0.173. The van der Waals surface area contributed by atoms with Crippen LogP contribution in [0.2, 0.25) is 0 Å². The van der Waals surface area contributed by atoms with Gasteiger partial charge in [-0.3, -0.25) is 4.79 Å². The third-order valence-corrected chi connectivity index (χ3v) is 2.58. The van der Waals surface area contributed by atoms with Crippen molar-refractivity contribution in [1.82, 2.24) is 5.43 Å². The van der Waals surface area contributed by atoms with Gasteiger partial charge in [0.15, 0.2) is 0 Å². The first-order valence-electron chi connectivity index (χ1n) is 5.64. The van der Waals surface area contributed by atoms with Crippen molar-refractivity contribution in [2.75, 3.05) is 6.61 Å². The van der Waals surface area contributed by atoms with Gasteiger partial charge in [0, 0.05) is 5.41 Å². The van der Waals surface area contributed by atoms with Crippen molar-refractivity contribution >= 4 is 12.1 Å². The standard InChI is InChI=1S/C13H18N2O3/c1-13(2,9-16)11(17)12(18)15-14-8-10-6-4-3-5-7-10/h3-8,11,16-17H,9H2,1-2H3,(H,15,18). The van der Waals surface area contributed by atoms with E-state index in [4.69, 9.17) is 5.11 Å². The molecule has 1 atom stereocenters. The highest BCUT2D eigenvalue weighted by Crippen LogP contribution is 2.19. The molecular weight excluding hydrogens is 232 g/mol. The summed E-state index contributed by atoms with van der Waals surface area (Å²) in [5.74, 6) is -0.638. The van der Waals surface area contributed by atoms with Crippen LogP contribution in [0, 0.1) is 5.41 Å². The number of nitrogens with zero attached hydrogens (tertiary/aromatic N) is 1. The topological polar surface area (TPSA) is 81.9 Å². The Kier molecular flexibility index (Phi) is 5.00. The highest BCUT2D eigenvalue weighted by atomic mass is 16.3. The monoisotopic (exact) mass is 250 g/mol. The summed E-state index contributed by atoms with van der Waals surface area (Å²) in [7, 11) is 0. The van der Waals surface area contributed by atoms with Gasteiger partial charge in [0.1, 0.15) is 6.10 Å². The number of carbonyl (C=O) groups excluding carboxylic acids is 1. The van der Waals surface area contributed by atoms with Gasteiger partial charge in [0.2, 0.25) is 0 Å². The Morgan fingerprint density at radius 2 is 2.06 bits per heavy atom. The minimum atomic E-state index is -1.31. The van der Waals surface area contributed by atoms with E-state index in [-0.39, 0.29) is 6.61 Å². The zero-order valence-corrected chi connectivity index (χ0v) is 10.5. The van der Waals surface area contributed by atoms with Crippen molar-refractivity contribution in [2.45, 2.75) is 20.0 Å². The summed E-state index contributed by atoms with van der Waals surface area (Å²) in [6.45, 7) is 2.90. The quantitative estimate of drug-likeness (QED) is 0.526. The Hall–Kier alpha value is -1.72. The second-order valence-corrected chi connectivity index (χ2v) is 4.69. The van der Waals surface area contributed by atoms with Crippen molar-refractivity contribution in [2.24, 2.45) is 10.5 Å². The summed E-state index contributed by atoms with van der Waals surface area (Å²) in [5, 5.41) is 22.5. The number of aliphatic hydroxyl groups is 2. The minimum Gasteiger partial charge on any atom is -0.396 e. The van der Waals surface area contributed by atoms with Crippen LogP contribution in [0.4, 0.5) is 0 Å². The second kappa shape index (κ2) is 6.28. The van der Waals surface area contributed by atoms with Gasteiger partial charge in [-0.25, -0.2) is 5.43 Å². The molecule has 1 amide bonds. The molecule has 1 aromatic rings. The molecule has 0 aromatic heterocycles. The fourth-order valence-electron chi connectivity index (χ4n) is 1.21. The smallest absolute Gasteiger partial charge is 0.269 e. The van der Waals surface area contributed by atoms with Crippen molar-refractivity contribution in [3.63, 3.8) is 0 Å². The molecule has 0 saturated heterocycles. The summed E-state index contributed by atoms with van der Waals surface area (Å²) in [4.78, 5) is 11.6. The second-order valence-electron chi connectivity index (χ2n) is 4.69. The molecule has 0 spiro atoms. The highest BCUT2D eigenvalue weighted by Gasteiger charge is 2.32. The maximum absolute atomic E-state index is 11.6. The number of aliphatic hydroxyl groups excluding tert-OH is 2. The van der Waals surface area contributed by atoms with Crippen molar-refractivity contribution in [1.29, 1.82) is 0 Å². The van der Waals surface area contributed by atoms with Gasteiger partial charge < -0.3 is 10.2 Å². The summed E-state index contributed by atoms with van der Waals surface area (Å²) < 4.78 is 0. The van der Waals surface area contributed by atoms with Crippen LogP contribution in [0.5, 0.6) is 0 Å². The number of benzene rings is 1. The summed E-state index contributed by atoms with van der Waals surface area (Å²) in [5.41, 5.74) is 2.19. The molecule has 3 N–H and O–H groups in total. The molecule has 0 bridgehead atoms. The molecule has 0 heterocycles. The fourth-order valence-corrected chi connectivity index (χ4v) is 1.21. The molecule has 5 nitrogen and oxygen atoms in total. The molecule has 5 heteroatoms. The molecule has 1 aromatic carbocycles. The zero-order chi connectivity index (χ0) is 13.6. The van der Waals surface area contributed by atoms with Crippen molar-refractivity contribution < 1.29 is 15.0 Å². The number of hydrazone groups is 1. The molecule has 0 radical (unpaired) electrons. The number of hydrogen-bond donors (Lipinski definition) is 3. The van der Waals surface area contributed by atoms with Crippen LogP contribution in [0.15, 0.2) is 35.4 Å². The first-order valence-corrected chi connectivity index (χ1v) is 5.64. The molecule has 0 aliphatic heterocycles. The number of nitrogens with one attached hydrogen (secondary N) is 1. The van der Waals surface area contributed by atoms with Gasteiger partial charge in [0.25, 0.3) is 5.91 Å². The predicted octanol–water partition coefficient (Wildman–Crippen LogP) is 0.516. The molecular formula is C13H18N2O3.